The van der Waals surface area contributed by atoms with Crippen molar-refractivity contribution in [3.05, 3.63) is 0 Å². The molecule has 4 heteroatoms. The molecule has 0 spiro atoms. The zero-order valence-electron chi connectivity index (χ0n) is 8.88. The van der Waals surface area contributed by atoms with Crippen molar-refractivity contribution in [2.45, 2.75) is 43.4 Å². The van der Waals surface area contributed by atoms with Gasteiger partial charge in [0, 0.05) is 11.3 Å². The number of aliphatic carboxylic acids is 1. The van der Waals surface area contributed by atoms with E-state index in [9.17, 15) is 4.79 Å². The molecule has 1 rings (SSSR count). The van der Waals surface area contributed by atoms with Gasteiger partial charge in [0.25, 0.3) is 0 Å². The highest BCUT2D eigenvalue weighted by atomic mass is 32.2. The number of carboxylic acid groups (broad SMARTS) is 1. The van der Waals surface area contributed by atoms with E-state index in [2.05, 4.69) is 11.6 Å². The van der Waals surface area contributed by atoms with Gasteiger partial charge in [0.05, 0.1) is 0 Å². The summed E-state index contributed by atoms with van der Waals surface area (Å²) in [6.45, 7) is 2.52. The minimum atomic E-state index is -0.765. The molecule has 1 atom stereocenters. The van der Waals surface area contributed by atoms with Crippen LogP contribution in [-0.4, -0.2) is 34.7 Å². The molecule has 1 unspecified atom stereocenters. The lowest BCUT2D eigenvalue weighted by Crippen LogP contribution is -2.42. The van der Waals surface area contributed by atoms with Gasteiger partial charge in [-0.1, -0.05) is 12.8 Å². The molecule has 0 saturated heterocycles. The quantitative estimate of drug-likeness (QED) is 0.736. The monoisotopic (exact) mass is 217 g/mol. The van der Waals surface area contributed by atoms with E-state index in [1.807, 2.05) is 11.8 Å². The van der Waals surface area contributed by atoms with Gasteiger partial charge in [-0.3, -0.25) is 4.79 Å². The van der Waals surface area contributed by atoms with Crippen molar-refractivity contribution in [2.75, 3.05) is 12.8 Å². The average Bonchev–Trinajstić information content (AvgIpc) is 2.63. The predicted octanol–water partition coefficient (Wildman–Crippen LogP) is 1.72. The fourth-order valence-electron chi connectivity index (χ4n) is 1.90. The third kappa shape index (κ3) is 2.89. The fourth-order valence-corrected chi connectivity index (χ4v) is 2.82. The number of thioether (sulfide) groups is 1. The normalized spacial score (nSPS) is 22.1. The minimum Gasteiger partial charge on any atom is -0.480 e. The molecule has 0 aliphatic heterocycles. The van der Waals surface area contributed by atoms with Crippen molar-refractivity contribution < 1.29 is 9.90 Å². The molecule has 0 aromatic heterocycles. The summed E-state index contributed by atoms with van der Waals surface area (Å²) in [5, 5.41) is 11.8. The Morgan fingerprint density at radius 2 is 2.14 bits per heavy atom. The summed E-state index contributed by atoms with van der Waals surface area (Å²) >= 11 is 1.88. The Labute approximate surface area is 89.6 Å². The SMILES string of the molecule is CSC1(CNC(C)C(=O)O)CCCC1. The van der Waals surface area contributed by atoms with Crippen LogP contribution >= 0.6 is 11.8 Å². The fraction of sp³-hybridized carbons (Fsp3) is 0.900. The van der Waals surface area contributed by atoms with E-state index in [4.69, 9.17) is 5.11 Å². The van der Waals surface area contributed by atoms with Gasteiger partial charge < -0.3 is 10.4 Å². The molecule has 3 nitrogen and oxygen atoms in total. The second kappa shape index (κ2) is 5.03. The van der Waals surface area contributed by atoms with Gasteiger partial charge in [0.2, 0.25) is 0 Å². The van der Waals surface area contributed by atoms with E-state index in [1.54, 1.807) is 6.92 Å². The Morgan fingerprint density at radius 1 is 1.57 bits per heavy atom. The Morgan fingerprint density at radius 3 is 2.57 bits per heavy atom. The van der Waals surface area contributed by atoms with Gasteiger partial charge in [0.15, 0.2) is 0 Å². The van der Waals surface area contributed by atoms with Crippen LogP contribution in [0.15, 0.2) is 0 Å². The predicted molar refractivity (Wildman–Crippen MR) is 59.8 cm³/mol. The molecule has 14 heavy (non-hydrogen) atoms. The molecule has 0 bridgehead atoms. The highest BCUT2D eigenvalue weighted by Crippen LogP contribution is 2.39. The van der Waals surface area contributed by atoms with Crippen LogP contribution < -0.4 is 5.32 Å². The van der Waals surface area contributed by atoms with Crippen LogP contribution in [0, 0.1) is 0 Å². The first-order chi connectivity index (χ1) is 6.59. The second-order valence-corrected chi connectivity index (χ2v) is 5.31. The van der Waals surface area contributed by atoms with Gasteiger partial charge in [0.1, 0.15) is 6.04 Å². The Bertz CT molecular complexity index is 202. The summed E-state index contributed by atoms with van der Waals surface area (Å²) in [6, 6.07) is -0.431. The molecule has 0 radical (unpaired) electrons. The maximum atomic E-state index is 10.6. The first-order valence-corrected chi connectivity index (χ1v) is 6.33. The van der Waals surface area contributed by atoms with Crippen molar-refractivity contribution in [2.24, 2.45) is 0 Å². The lowest BCUT2D eigenvalue weighted by molar-refractivity contribution is -0.139. The minimum absolute atomic E-state index is 0.295. The Balaban J connectivity index is 2.38. The highest BCUT2D eigenvalue weighted by Gasteiger charge is 2.33. The Hall–Kier alpha value is -0.220. The van der Waals surface area contributed by atoms with Crippen LogP contribution in [0.4, 0.5) is 0 Å². The topological polar surface area (TPSA) is 49.3 Å². The van der Waals surface area contributed by atoms with Gasteiger partial charge in [-0.25, -0.2) is 0 Å². The molecule has 82 valence electrons. The van der Waals surface area contributed by atoms with Gasteiger partial charge in [-0.2, -0.15) is 11.8 Å². The van der Waals surface area contributed by atoms with E-state index in [0.29, 0.717) is 4.75 Å². The van der Waals surface area contributed by atoms with Crippen LogP contribution in [0.5, 0.6) is 0 Å². The van der Waals surface area contributed by atoms with Crippen LogP contribution in [0.1, 0.15) is 32.6 Å². The standard InChI is InChI=1S/C10H19NO2S/c1-8(9(12)13)11-7-10(14-2)5-3-4-6-10/h8,11H,3-7H2,1-2H3,(H,12,13). The summed E-state index contributed by atoms with van der Waals surface area (Å²) in [5.74, 6) is -0.765. The van der Waals surface area contributed by atoms with Crippen molar-refractivity contribution in [1.82, 2.24) is 5.32 Å². The molecule has 0 aromatic rings. The highest BCUT2D eigenvalue weighted by molar-refractivity contribution is 8.00. The average molecular weight is 217 g/mol. The molecule has 1 aliphatic carbocycles. The van der Waals surface area contributed by atoms with Crippen molar-refractivity contribution >= 4 is 17.7 Å². The van der Waals surface area contributed by atoms with E-state index in [1.165, 1.54) is 25.7 Å². The third-order valence-corrected chi connectivity index (χ3v) is 4.47. The number of rotatable bonds is 5. The molecule has 0 heterocycles. The number of carbonyl (C=O) groups is 1. The zero-order valence-corrected chi connectivity index (χ0v) is 9.69. The molecule has 2 N–H and O–H groups in total. The summed E-state index contributed by atoms with van der Waals surface area (Å²) in [5.41, 5.74) is 0. The van der Waals surface area contributed by atoms with Gasteiger partial charge in [-0.05, 0) is 26.0 Å². The Kier molecular flexibility index (Phi) is 4.26. The van der Waals surface area contributed by atoms with E-state index in [0.717, 1.165) is 6.54 Å². The molecule has 1 aliphatic rings. The summed E-state index contributed by atoms with van der Waals surface area (Å²) in [7, 11) is 0. The van der Waals surface area contributed by atoms with Crippen molar-refractivity contribution in [1.29, 1.82) is 0 Å². The maximum Gasteiger partial charge on any atom is 0.320 e. The zero-order chi connectivity index (χ0) is 10.6. The third-order valence-electron chi connectivity index (χ3n) is 3.05. The van der Waals surface area contributed by atoms with E-state index < -0.39 is 12.0 Å². The van der Waals surface area contributed by atoms with Gasteiger partial charge in [-0.15, -0.1) is 0 Å². The molecule has 0 amide bonds. The van der Waals surface area contributed by atoms with Crippen LogP contribution in [0.25, 0.3) is 0 Å². The molecule has 1 saturated carbocycles. The molecular weight excluding hydrogens is 198 g/mol. The summed E-state index contributed by atoms with van der Waals surface area (Å²) in [4.78, 5) is 10.6. The summed E-state index contributed by atoms with van der Waals surface area (Å²) in [6.07, 6.45) is 7.12. The number of hydrogen-bond donors (Lipinski definition) is 2. The largest absolute Gasteiger partial charge is 0.480 e. The first kappa shape index (κ1) is 11.9. The number of nitrogens with one attached hydrogen (secondary N) is 1. The smallest absolute Gasteiger partial charge is 0.320 e. The molecule has 0 aromatic carbocycles. The number of hydrogen-bond acceptors (Lipinski definition) is 3. The lowest BCUT2D eigenvalue weighted by atomic mass is 10.1. The molecular formula is C10H19NO2S. The van der Waals surface area contributed by atoms with Crippen LogP contribution in [-0.2, 0) is 4.79 Å². The molecule has 1 fully saturated rings. The van der Waals surface area contributed by atoms with Crippen LogP contribution in [0.3, 0.4) is 0 Å². The van der Waals surface area contributed by atoms with E-state index in [-0.39, 0.29) is 0 Å². The number of carboxylic acids is 1. The summed E-state index contributed by atoms with van der Waals surface area (Å²) < 4.78 is 0.295. The van der Waals surface area contributed by atoms with Crippen molar-refractivity contribution in [3.8, 4) is 0 Å². The van der Waals surface area contributed by atoms with E-state index >= 15 is 0 Å². The first-order valence-electron chi connectivity index (χ1n) is 5.11. The van der Waals surface area contributed by atoms with Gasteiger partial charge >= 0.3 is 5.97 Å². The maximum absolute atomic E-state index is 10.6. The second-order valence-electron chi connectivity index (χ2n) is 4.04. The lowest BCUT2D eigenvalue weighted by Gasteiger charge is -2.28. The van der Waals surface area contributed by atoms with Crippen LogP contribution in [0.2, 0.25) is 0 Å². The van der Waals surface area contributed by atoms with Crippen molar-refractivity contribution in [3.63, 3.8) is 0 Å².